The number of nitrogens with one attached hydrogen (secondary N) is 1. The second-order valence-electron chi connectivity index (χ2n) is 4.51. The molecule has 0 aliphatic carbocycles. The molecule has 0 bridgehead atoms. The number of hydrogen-bond donors (Lipinski definition) is 3. The first-order valence-electron chi connectivity index (χ1n) is 6.41. The highest BCUT2D eigenvalue weighted by atomic mass is 16.4. The Morgan fingerprint density at radius 3 is 1.95 bits per heavy atom. The summed E-state index contributed by atoms with van der Waals surface area (Å²) < 4.78 is 0. The molecule has 5 heteroatoms. The van der Waals surface area contributed by atoms with Crippen molar-refractivity contribution in [1.29, 1.82) is 0 Å². The summed E-state index contributed by atoms with van der Waals surface area (Å²) >= 11 is 0. The Bertz CT molecular complexity index is 613. The van der Waals surface area contributed by atoms with E-state index in [2.05, 4.69) is 5.32 Å². The molecule has 0 aliphatic rings. The minimum absolute atomic E-state index is 0.337. The van der Waals surface area contributed by atoms with Gasteiger partial charge in [0, 0.05) is 5.56 Å². The first kappa shape index (κ1) is 14.7. The third kappa shape index (κ3) is 3.67. The molecule has 0 aromatic heterocycles. The summed E-state index contributed by atoms with van der Waals surface area (Å²) in [5.74, 6) is -1.84. The van der Waals surface area contributed by atoms with E-state index in [0.717, 1.165) is 0 Å². The number of carboxylic acids is 1. The van der Waals surface area contributed by atoms with Gasteiger partial charge in [0.15, 0.2) is 6.04 Å². The van der Waals surface area contributed by atoms with Crippen LogP contribution in [0.4, 0.5) is 0 Å². The van der Waals surface area contributed by atoms with Gasteiger partial charge in [0.1, 0.15) is 6.10 Å². The zero-order valence-corrected chi connectivity index (χ0v) is 11.1. The Labute approximate surface area is 121 Å². The van der Waals surface area contributed by atoms with Gasteiger partial charge in [-0.2, -0.15) is 0 Å². The molecule has 2 aromatic rings. The van der Waals surface area contributed by atoms with Crippen LogP contribution in [0, 0.1) is 0 Å². The van der Waals surface area contributed by atoms with Crippen LogP contribution >= 0.6 is 0 Å². The summed E-state index contributed by atoms with van der Waals surface area (Å²) in [6, 6.07) is 15.2. The molecule has 0 spiro atoms. The molecular formula is C16H15NO4. The van der Waals surface area contributed by atoms with E-state index in [4.69, 9.17) is 0 Å². The predicted molar refractivity (Wildman–Crippen MR) is 76.7 cm³/mol. The van der Waals surface area contributed by atoms with Gasteiger partial charge in [-0.3, -0.25) is 4.79 Å². The molecule has 2 rings (SSSR count). The van der Waals surface area contributed by atoms with Crippen molar-refractivity contribution in [2.75, 3.05) is 0 Å². The zero-order valence-electron chi connectivity index (χ0n) is 11.1. The highest BCUT2D eigenvalue weighted by molar-refractivity contribution is 5.96. The van der Waals surface area contributed by atoms with Crippen LogP contribution in [0.15, 0.2) is 60.7 Å². The molecule has 0 saturated carbocycles. The summed E-state index contributed by atoms with van der Waals surface area (Å²) in [4.78, 5) is 23.3. The molecule has 3 N–H and O–H groups in total. The summed E-state index contributed by atoms with van der Waals surface area (Å²) in [6.07, 6.45) is -1.32. The average Bonchev–Trinajstić information content (AvgIpc) is 2.53. The molecule has 0 radical (unpaired) electrons. The Balaban J connectivity index is 2.17. The molecule has 0 fully saturated rings. The number of hydrogen-bond acceptors (Lipinski definition) is 3. The lowest BCUT2D eigenvalue weighted by Crippen LogP contribution is -2.45. The number of aliphatic hydroxyl groups excluding tert-OH is 1. The summed E-state index contributed by atoms with van der Waals surface area (Å²) in [5, 5.41) is 21.7. The van der Waals surface area contributed by atoms with Crippen molar-refractivity contribution in [3.8, 4) is 0 Å². The minimum Gasteiger partial charge on any atom is -0.480 e. The molecule has 0 heterocycles. The highest BCUT2D eigenvalue weighted by Gasteiger charge is 2.29. The van der Waals surface area contributed by atoms with Crippen LogP contribution < -0.4 is 5.32 Å². The second kappa shape index (κ2) is 6.67. The number of aliphatic hydroxyl groups is 1. The average molecular weight is 285 g/mol. The van der Waals surface area contributed by atoms with Crippen LogP contribution in [-0.4, -0.2) is 28.1 Å². The van der Waals surface area contributed by atoms with Crippen LogP contribution in [0.25, 0.3) is 0 Å². The summed E-state index contributed by atoms with van der Waals surface area (Å²) in [7, 11) is 0. The van der Waals surface area contributed by atoms with Gasteiger partial charge in [-0.05, 0) is 17.7 Å². The first-order chi connectivity index (χ1) is 10.1. The fourth-order valence-electron chi connectivity index (χ4n) is 1.93. The fourth-order valence-corrected chi connectivity index (χ4v) is 1.93. The maximum atomic E-state index is 12.0. The number of rotatable bonds is 5. The third-order valence-corrected chi connectivity index (χ3v) is 3.05. The summed E-state index contributed by atoms with van der Waals surface area (Å²) in [6.45, 7) is 0. The van der Waals surface area contributed by atoms with E-state index >= 15 is 0 Å². The van der Waals surface area contributed by atoms with Gasteiger partial charge in [0.05, 0.1) is 0 Å². The van der Waals surface area contributed by atoms with Crippen LogP contribution in [-0.2, 0) is 4.79 Å². The maximum Gasteiger partial charge on any atom is 0.329 e. The van der Waals surface area contributed by atoms with E-state index in [1.165, 1.54) is 0 Å². The predicted octanol–water partition coefficient (Wildman–Crippen LogP) is 1.60. The van der Waals surface area contributed by atoms with E-state index in [-0.39, 0.29) is 0 Å². The van der Waals surface area contributed by atoms with Gasteiger partial charge in [-0.25, -0.2) is 4.79 Å². The number of aliphatic carboxylic acids is 1. The van der Waals surface area contributed by atoms with Crippen molar-refractivity contribution in [2.45, 2.75) is 12.1 Å². The standard InChI is InChI=1S/C16H15NO4/c18-14(11-7-3-1-4-8-11)13(16(20)21)17-15(19)12-9-5-2-6-10-12/h1-10,13-14,18H,(H,17,19)(H,20,21)/t13-,14+/m1/s1. The van der Waals surface area contributed by atoms with E-state index in [1.54, 1.807) is 60.7 Å². The van der Waals surface area contributed by atoms with Gasteiger partial charge < -0.3 is 15.5 Å². The van der Waals surface area contributed by atoms with Crippen LogP contribution in [0.1, 0.15) is 22.0 Å². The normalized spacial score (nSPS) is 13.2. The number of carbonyl (C=O) groups is 2. The molecule has 0 unspecified atom stereocenters. The molecule has 108 valence electrons. The van der Waals surface area contributed by atoms with Gasteiger partial charge in [0.25, 0.3) is 5.91 Å². The Morgan fingerprint density at radius 1 is 0.905 bits per heavy atom. The van der Waals surface area contributed by atoms with Crippen LogP contribution in [0.2, 0.25) is 0 Å². The SMILES string of the molecule is O=C(N[C@@H](C(=O)O)[C@@H](O)c1ccccc1)c1ccccc1. The van der Waals surface area contributed by atoms with Crippen molar-refractivity contribution in [2.24, 2.45) is 0 Å². The topological polar surface area (TPSA) is 86.6 Å². The van der Waals surface area contributed by atoms with Gasteiger partial charge in [-0.1, -0.05) is 48.5 Å². The maximum absolute atomic E-state index is 12.0. The van der Waals surface area contributed by atoms with Crippen LogP contribution in [0.5, 0.6) is 0 Å². The highest BCUT2D eigenvalue weighted by Crippen LogP contribution is 2.17. The smallest absolute Gasteiger partial charge is 0.329 e. The van der Waals surface area contributed by atoms with E-state index in [1.807, 2.05) is 0 Å². The Hall–Kier alpha value is -2.66. The first-order valence-corrected chi connectivity index (χ1v) is 6.41. The van der Waals surface area contributed by atoms with Crippen molar-refractivity contribution in [3.05, 3.63) is 71.8 Å². The van der Waals surface area contributed by atoms with Crippen molar-refractivity contribution >= 4 is 11.9 Å². The Kier molecular flexibility index (Phi) is 4.68. The molecule has 1 amide bonds. The largest absolute Gasteiger partial charge is 0.480 e. The second-order valence-corrected chi connectivity index (χ2v) is 4.51. The molecule has 0 saturated heterocycles. The number of carboxylic acid groups (broad SMARTS) is 1. The molecule has 0 aliphatic heterocycles. The molecule has 5 nitrogen and oxygen atoms in total. The number of carbonyl (C=O) groups excluding carboxylic acids is 1. The van der Waals surface area contributed by atoms with Crippen molar-refractivity contribution < 1.29 is 19.8 Å². The lowest BCUT2D eigenvalue weighted by molar-refractivity contribution is -0.142. The van der Waals surface area contributed by atoms with Crippen LogP contribution in [0.3, 0.4) is 0 Å². The van der Waals surface area contributed by atoms with E-state index in [0.29, 0.717) is 11.1 Å². The quantitative estimate of drug-likeness (QED) is 0.779. The molecule has 2 atom stereocenters. The Morgan fingerprint density at radius 2 is 1.43 bits per heavy atom. The van der Waals surface area contributed by atoms with Crippen molar-refractivity contribution in [3.63, 3.8) is 0 Å². The summed E-state index contributed by atoms with van der Waals surface area (Å²) in [5.41, 5.74) is 0.766. The van der Waals surface area contributed by atoms with Crippen molar-refractivity contribution in [1.82, 2.24) is 5.32 Å². The number of amides is 1. The van der Waals surface area contributed by atoms with Gasteiger partial charge in [-0.15, -0.1) is 0 Å². The lowest BCUT2D eigenvalue weighted by Gasteiger charge is -2.20. The molecule has 21 heavy (non-hydrogen) atoms. The lowest BCUT2D eigenvalue weighted by atomic mass is 10.0. The minimum atomic E-state index is -1.42. The molecular weight excluding hydrogens is 270 g/mol. The zero-order chi connectivity index (χ0) is 15.2. The van der Waals surface area contributed by atoms with E-state index in [9.17, 15) is 19.8 Å². The van der Waals surface area contributed by atoms with E-state index < -0.39 is 24.0 Å². The fraction of sp³-hybridized carbons (Fsp3) is 0.125. The monoisotopic (exact) mass is 285 g/mol. The third-order valence-electron chi connectivity index (χ3n) is 3.05. The van der Waals surface area contributed by atoms with Gasteiger partial charge >= 0.3 is 5.97 Å². The molecule has 2 aromatic carbocycles. The number of benzene rings is 2. The van der Waals surface area contributed by atoms with Gasteiger partial charge in [0.2, 0.25) is 0 Å².